The van der Waals surface area contributed by atoms with E-state index in [1.165, 1.54) is 17.0 Å². The molecule has 1 N–H and O–H groups in total. The molecule has 1 fully saturated rings. The first-order valence-corrected chi connectivity index (χ1v) is 10.9. The van der Waals surface area contributed by atoms with Gasteiger partial charge < -0.3 is 15.0 Å². The van der Waals surface area contributed by atoms with Crippen LogP contribution in [0.5, 0.6) is 5.75 Å². The molecule has 2 amide bonds. The third kappa shape index (κ3) is 5.97. The van der Waals surface area contributed by atoms with Crippen LogP contribution in [0.25, 0.3) is 0 Å². The number of nitrogens with one attached hydrogen (secondary N) is 1. The van der Waals surface area contributed by atoms with Crippen molar-refractivity contribution in [2.45, 2.75) is 57.7 Å². The number of carbonyl (C=O) groups excluding carboxylic acids is 2. The van der Waals surface area contributed by atoms with E-state index in [-0.39, 0.29) is 41.4 Å². The summed E-state index contributed by atoms with van der Waals surface area (Å²) in [5, 5.41) is 3.24. The molecule has 31 heavy (non-hydrogen) atoms. The van der Waals surface area contributed by atoms with Crippen LogP contribution in [0.4, 0.5) is 4.39 Å². The molecule has 0 spiro atoms. The van der Waals surface area contributed by atoms with Crippen molar-refractivity contribution in [1.29, 1.82) is 0 Å². The van der Waals surface area contributed by atoms with E-state index in [1.807, 2.05) is 24.3 Å². The standard InChI is InChI=1S/C24H28ClFN2O3/c1-16(24(30)27-18-8-3-4-9-18)28(15-17-7-5-10-19(13-17)31-2)23(29)14-20-21(25)11-6-12-22(20)26/h5-7,10-13,16,18H,3-4,8-9,14-15H2,1-2H3,(H,27,30)/t16-/m0/s1. The van der Waals surface area contributed by atoms with Gasteiger partial charge in [0.15, 0.2) is 0 Å². The van der Waals surface area contributed by atoms with E-state index in [1.54, 1.807) is 20.1 Å². The van der Waals surface area contributed by atoms with Gasteiger partial charge in [0.05, 0.1) is 13.5 Å². The van der Waals surface area contributed by atoms with Crippen molar-refractivity contribution in [3.63, 3.8) is 0 Å². The van der Waals surface area contributed by atoms with Gasteiger partial charge in [-0.05, 0) is 49.6 Å². The Morgan fingerprint density at radius 3 is 2.61 bits per heavy atom. The first kappa shape index (κ1) is 23.1. The summed E-state index contributed by atoms with van der Waals surface area (Å²) in [5.41, 5.74) is 0.945. The SMILES string of the molecule is COc1cccc(CN(C(=O)Cc2c(F)cccc2Cl)[C@@H](C)C(=O)NC2CCCC2)c1. The number of benzene rings is 2. The van der Waals surface area contributed by atoms with Crippen molar-refractivity contribution >= 4 is 23.4 Å². The molecule has 0 aromatic heterocycles. The molecular weight excluding hydrogens is 419 g/mol. The van der Waals surface area contributed by atoms with Crippen molar-refractivity contribution in [2.24, 2.45) is 0 Å². The highest BCUT2D eigenvalue weighted by molar-refractivity contribution is 6.31. The average molecular weight is 447 g/mol. The van der Waals surface area contributed by atoms with Crippen LogP contribution in [0.15, 0.2) is 42.5 Å². The maximum Gasteiger partial charge on any atom is 0.242 e. The molecule has 7 heteroatoms. The summed E-state index contributed by atoms with van der Waals surface area (Å²) < 4.78 is 19.5. The second-order valence-corrected chi connectivity index (χ2v) is 8.32. The third-order valence-electron chi connectivity index (χ3n) is 5.75. The highest BCUT2D eigenvalue weighted by Gasteiger charge is 2.29. The Hall–Kier alpha value is -2.60. The van der Waals surface area contributed by atoms with Crippen LogP contribution < -0.4 is 10.1 Å². The molecule has 3 rings (SSSR count). The lowest BCUT2D eigenvalue weighted by molar-refractivity contribution is -0.140. The molecule has 0 radical (unpaired) electrons. The Balaban J connectivity index is 1.83. The number of methoxy groups -OCH3 is 1. The van der Waals surface area contributed by atoms with Gasteiger partial charge in [0.25, 0.3) is 0 Å². The highest BCUT2D eigenvalue weighted by atomic mass is 35.5. The maximum atomic E-state index is 14.3. The predicted octanol–water partition coefficient (Wildman–Crippen LogP) is 4.51. The zero-order chi connectivity index (χ0) is 22.4. The second-order valence-electron chi connectivity index (χ2n) is 7.92. The molecule has 0 bridgehead atoms. The minimum absolute atomic E-state index is 0.133. The summed E-state index contributed by atoms with van der Waals surface area (Å²) in [6, 6.07) is 11.1. The van der Waals surface area contributed by atoms with E-state index in [4.69, 9.17) is 16.3 Å². The molecule has 1 aliphatic rings. The first-order chi connectivity index (χ1) is 14.9. The maximum absolute atomic E-state index is 14.3. The molecule has 2 aromatic rings. The summed E-state index contributed by atoms with van der Waals surface area (Å²) >= 11 is 6.13. The van der Waals surface area contributed by atoms with Crippen molar-refractivity contribution < 1.29 is 18.7 Å². The van der Waals surface area contributed by atoms with Crippen molar-refractivity contribution in [1.82, 2.24) is 10.2 Å². The van der Waals surface area contributed by atoms with E-state index in [0.717, 1.165) is 31.2 Å². The number of hydrogen-bond donors (Lipinski definition) is 1. The van der Waals surface area contributed by atoms with E-state index < -0.39 is 11.9 Å². The zero-order valence-corrected chi connectivity index (χ0v) is 18.6. The zero-order valence-electron chi connectivity index (χ0n) is 17.9. The Morgan fingerprint density at radius 2 is 1.94 bits per heavy atom. The van der Waals surface area contributed by atoms with Gasteiger partial charge in [0.2, 0.25) is 11.8 Å². The van der Waals surface area contributed by atoms with E-state index in [2.05, 4.69) is 5.32 Å². The first-order valence-electron chi connectivity index (χ1n) is 10.5. The van der Waals surface area contributed by atoms with Gasteiger partial charge in [-0.2, -0.15) is 0 Å². The van der Waals surface area contributed by atoms with Gasteiger partial charge in [-0.15, -0.1) is 0 Å². The van der Waals surface area contributed by atoms with Crippen LogP contribution in [0, 0.1) is 5.82 Å². The molecule has 0 heterocycles. The number of carbonyl (C=O) groups is 2. The van der Waals surface area contributed by atoms with Crippen LogP contribution in [0.2, 0.25) is 5.02 Å². The van der Waals surface area contributed by atoms with Gasteiger partial charge in [-0.1, -0.05) is 42.6 Å². The molecule has 0 unspecified atom stereocenters. The van der Waals surface area contributed by atoms with Crippen LogP contribution in [0.1, 0.15) is 43.7 Å². The summed E-state index contributed by atoms with van der Waals surface area (Å²) in [6.07, 6.45) is 3.87. The fourth-order valence-electron chi connectivity index (χ4n) is 3.90. The monoisotopic (exact) mass is 446 g/mol. The van der Waals surface area contributed by atoms with Crippen LogP contribution in [-0.2, 0) is 22.6 Å². The number of amides is 2. The molecule has 1 aliphatic carbocycles. The van der Waals surface area contributed by atoms with Crippen molar-refractivity contribution in [3.8, 4) is 5.75 Å². The lowest BCUT2D eigenvalue weighted by Crippen LogP contribution is -2.50. The van der Waals surface area contributed by atoms with Crippen molar-refractivity contribution in [3.05, 3.63) is 64.4 Å². The van der Waals surface area contributed by atoms with E-state index >= 15 is 0 Å². The minimum atomic E-state index is -0.718. The number of nitrogens with zero attached hydrogens (tertiary/aromatic N) is 1. The molecule has 166 valence electrons. The lowest BCUT2D eigenvalue weighted by atomic mass is 10.1. The molecule has 2 aromatic carbocycles. The fourth-order valence-corrected chi connectivity index (χ4v) is 4.13. The van der Waals surface area contributed by atoms with Crippen LogP contribution in [-0.4, -0.2) is 35.9 Å². The van der Waals surface area contributed by atoms with Crippen LogP contribution in [0.3, 0.4) is 0 Å². The normalized spacial score (nSPS) is 14.8. The smallest absolute Gasteiger partial charge is 0.242 e. The topological polar surface area (TPSA) is 58.6 Å². The van der Waals surface area contributed by atoms with Gasteiger partial charge in [-0.25, -0.2) is 4.39 Å². The van der Waals surface area contributed by atoms with Crippen molar-refractivity contribution in [2.75, 3.05) is 7.11 Å². The number of ether oxygens (including phenoxy) is 1. The second kappa shape index (κ2) is 10.6. The predicted molar refractivity (Wildman–Crippen MR) is 119 cm³/mol. The lowest BCUT2D eigenvalue weighted by Gasteiger charge is -2.30. The van der Waals surface area contributed by atoms with Gasteiger partial charge in [-0.3, -0.25) is 9.59 Å². The number of hydrogen-bond acceptors (Lipinski definition) is 3. The molecule has 5 nitrogen and oxygen atoms in total. The minimum Gasteiger partial charge on any atom is -0.497 e. The highest BCUT2D eigenvalue weighted by Crippen LogP contribution is 2.23. The number of rotatable bonds is 8. The largest absolute Gasteiger partial charge is 0.497 e. The van der Waals surface area contributed by atoms with Gasteiger partial charge in [0.1, 0.15) is 17.6 Å². The van der Waals surface area contributed by atoms with E-state index in [9.17, 15) is 14.0 Å². The average Bonchev–Trinajstić information content (AvgIpc) is 3.27. The fraction of sp³-hybridized carbons (Fsp3) is 0.417. The Labute approximate surface area is 187 Å². The molecule has 0 aliphatic heterocycles. The molecule has 1 atom stereocenters. The van der Waals surface area contributed by atoms with E-state index in [0.29, 0.717) is 5.75 Å². The van der Waals surface area contributed by atoms with Crippen LogP contribution >= 0.6 is 11.6 Å². The van der Waals surface area contributed by atoms with Gasteiger partial charge in [0, 0.05) is 23.2 Å². The van der Waals surface area contributed by atoms with Gasteiger partial charge >= 0.3 is 0 Å². The summed E-state index contributed by atoms with van der Waals surface area (Å²) in [4.78, 5) is 27.6. The Kier molecular flexibility index (Phi) is 7.91. The summed E-state index contributed by atoms with van der Waals surface area (Å²) in [7, 11) is 1.57. The third-order valence-corrected chi connectivity index (χ3v) is 6.10. The Bertz CT molecular complexity index is 911. The number of halogens is 2. The quantitative estimate of drug-likeness (QED) is 0.649. The summed E-state index contributed by atoms with van der Waals surface area (Å²) in [6.45, 7) is 1.90. The molecular formula is C24H28ClFN2O3. The Morgan fingerprint density at radius 1 is 1.23 bits per heavy atom. The summed E-state index contributed by atoms with van der Waals surface area (Å²) in [5.74, 6) is -0.456. The molecule has 1 saturated carbocycles. The molecule has 0 saturated heterocycles.